The molecule has 136 valence electrons. The second kappa shape index (κ2) is 6.23. The number of piperazine rings is 1. The fourth-order valence-electron chi connectivity index (χ4n) is 3.63. The van der Waals surface area contributed by atoms with Crippen LogP contribution in [-0.4, -0.2) is 51.9 Å². The lowest BCUT2D eigenvalue weighted by Crippen LogP contribution is -2.50. The molecule has 7 heteroatoms. The molecule has 0 bridgehead atoms. The Morgan fingerprint density at radius 3 is 2.58 bits per heavy atom. The van der Waals surface area contributed by atoms with Crippen LogP contribution in [0, 0.1) is 19.8 Å². The lowest BCUT2D eigenvalue weighted by atomic mass is 10.1. The van der Waals surface area contributed by atoms with Crippen molar-refractivity contribution < 1.29 is 9.21 Å². The summed E-state index contributed by atoms with van der Waals surface area (Å²) in [4.78, 5) is 29.7. The molecule has 0 aliphatic carbocycles. The van der Waals surface area contributed by atoms with Gasteiger partial charge in [-0.1, -0.05) is 13.8 Å². The standard InChI is InChI=1S/C19H23N5O2/c1-11(2)19(25)24-7-5-23(6-8-24)17-16-15(20-10-21-17)14-12(3)9-13(4)22-18(14)26-16/h9-11H,5-8H2,1-4H3. The topological polar surface area (TPSA) is 75.4 Å². The maximum absolute atomic E-state index is 12.2. The van der Waals surface area contributed by atoms with Crippen LogP contribution >= 0.6 is 0 Å². The molecule has 4 rings (SSSR count). The Morgan fingerprint density at radius 1 is 1.15 bits per heavy atom. The van der Waals surface area contributed by atoms with Crippen LogP contribution in [0.15, 0.2) is 16.8 Å². The molecule has 1 aliphatic heterocycles. The van der Waals surface area contributed by atoms with Crippen LogP contribution in [0.1, 0.15) is 25.1 Å². The number of furan rings is 1. The number of carbonyl (C=O) groups excluding carboxylic acids is 1. The van der Waals surface area contributed by atoms with E-state index in [0.29, 0.717) is 24.4 Å². The highest BCUT2D eigenvalue weighted by atomic mass is 16.3. The van der Waals surface area contributed by atoms with Crippen molar-refractivity contribution in [2.75, 3.05) is 31.1 Å². The fourth-order valence-corrected chi connectivity index (χ4v) is 3.63. The summed E-state index contributed by atoms with van der Waals surface area (Å²) in [5.41, 5.74) is 4.10. The number of hydrogen-bond acceptors (Lipinski definition) is 6. The molecule has 1 saturated heterocycles. The van der Waals surface area contributed by atoms with E-state index in [1.54, 1.807) is 6.33 Å². The lowest BCUT2D eigenvalue weighted by molar-refractivity contribution is -0.134. The maximum Gasteiger partial charge on any atom is 0.229 e. The van der Waals surface area contributed by atoms with Crippen LogP contribution < -0.4 is 4.90 Å². The molecular formula is C19H23N5O2. The van der Waals surface area contributed by atoms with Crippen molar-refractivity contribution >= 4 is 33.9 Å². The molecule has 0 aromatic carbocycles. The molecule has 0 radical (unpaired) electrons. The normalized spacial score (nSPS) is 15.4. The first kappa shape index (κ1) is 16.8. The summed E-state index contributed by atoms with van der Waals surface area (Å²) in [7, 11) is 0. The van der Waals surface area contributed by atoms with E-state index in [1.807, 2.05) is 38.7 Å². The first-order chi connectivity index (χ1) is 12.5. The van der Waals surface area contributed by atoms with Crippen LogP contribution in [-0.2, 0) is 4.79 Å². The summed E-state index contributed by atoms with van der Waals surface area (Å²) in [6.07, 6.45) is 1.58. The number of aromatic nitrogens is 3. The van der Waals surface area contributed by atoms with Crippen molar-refractivity contribution in [2.45, 2.75) is 27.7 Å². The average molecular weight is 353 g/mol. The average Bonchev–Trinajstić information content (AvgIpc) is 2.99. The number of hydrogen-bond donors (Lipinski definition) is 0. The maximum atomic E-state index is 12.2. The van der Waals surface area contributed by atoms with Crippen molar-refractivity contribution in [1.29, 1.82) is 0 Å². The van der Waals surface area contributed by atoms with Crippen molar-refractivity contribution in [2.24, 2.45) is 5.92 Å². The summed E-state index contributed by atoms with van der Waals surface area (Å²) in [6, 6.07) is 2.04. The predicted molar refractivity (Wildman–Crippen MR) is 100 cm³/mol. The Balaban J connectivity index is 1.70. The number of rotatable bonds is 2. The van der Waals surface area contributed by atoms with Gasteiger partial charge >= 0.3 is 0 Å². The number of anilines is 1. The van der Waals surface area contributed by atoms with E-state index in [9.17, 15) is 4.79 Å². The smallest absolute Gasteiger partial charge is 0.229 e. The van der Waals surface area contributed by atoms with Gasteiger partial charge in [0.25, 0.3) is 0 Å². The Hall–Kier alpha value is -2.70. The summed E-state index contributed by atoms with van der Waals surface area (Å²) in [6.45, 7) is 10.7. The first-order valence-corrected chi connectivity index (χ1v) is 9.01. The van der Waals surface area contributed by atoms with Gasteiger partial charge in [-0.3, -0.25) is 4.79 Å². The van der Waals surface area contributed by atoms with Crippen LogP contribution in [0.25, 0.3) is 22.2 Å². The highest BCUT2D eigenvalue weighted by Gasteiger charge is 2.26. The van der Waals surface area contributed by atoms with Gasteiger partial charge in [-0.25, -0.2) is 15.0 Å². The van der Waals surface area contributed by atoms with Gasteiger partial charge in [0.05, 0.1) is 5.39 Å². The number of nitrogens with zero attached hydrogens (tertiary/aromatic N) is 5. The largest absolute Gasteiger partial charge is 0.432 e. The predicted octanol–water partition coefficient (Wildman–Crippen LogP) is 2.69. The van der Waals surface area contributed by atoms with Gasteiger partial charge in [0.15, 0.2) is 11.4 Å². The van der Waals surface area contributed by atoms with E-state index in [1.165, 1.54) is 0 Å². The summed E-state index contributed by atoms with van der Waals surface area (Å²) in [5, 5.41) is 0.947. The number of carbonyl (C=O) groups is 1. The van der Waals surface area contributed by atoms with Gasteiger partial charge < -0.3 is 14.2 Å². The van der Waals surface area contributed by atoms with Crippen LogP contribution in [0.4, 0.5) is 5.82 Å². The van der Waals surface area contributed by atoms with Crippen molar-refractivity contribution in [3.63, 3.8) is 0 Å². The van der Waals surface area contributed by atoms with Gasteiger partial charge in [0, 0.05) is 37.8 Å². The Labute approximate surface area is 152 Å². The Morgan fingerprint density at radius 2 is 1.88 bits per heavy atom. The molecule has 0 unspecified atom stereocenters. The lowest BCUT2D eigenvalue weighted by Gasteiger charge is -2.36. The molecule has 3 aromatic heterocycles. The zero-order valence-corrected chi connectivity index (χ0v) is 15.6. The van der Waals surface area contributed by atoms with Gasteiger partial charge in [-0.05, 0) is 25.5 Å². The zero-order chi connectivity index (χ0) is 18.4. The molecule has 1 fully saturated rings. The second-order valence-corrected chi connectivity index (χ2v) is 7.20. The van der Waals surface area contributed by atoms with Gasteiger partial charge in [-0.15, -0.1) is 0 Å². The van der Waals surface area contributed by atoms with Crippen LogP contribution in [0.2, 0.25) is 0 Å². The molecule has 4 heterocycles. The van der Waals surface area contributed by atoms with Crippen molar-refractivity contribution in [1.82, 2.24) is 19.9 Å². The van der Waals surface area contributed by atoms with Gasteiger partial charge in [0.1, 0.15) is 11.8 Å². The highest BCUT2D eigenvalue weighted by molar-refractivity contribution is 6.06. The molecule has 0 N–H and O–H groups in total. The van der Waals surface area contributed by atoms with Gasteiger partial charge in [-0.2, -0.15) is 0 Å². The molecule has 3 aromatic rings. The number of pyridine rings is 1. The third-order valence-corrected chi connectivity index (χ3v) is 4.92. The van der Waals surface area contributed by atoms with Gasteiger partial charge in [0.2, 0.25) is 11.6 Å². The Kier molecular flexibility index (Phi) is 4.01. The zero-order valence-electron chi connectivity index (χ0n) is 15.6. The molecular weight excluding hydrogens is 330 g/mol. The van der Waals surface area contributed by atoms with Crippen molar-refractivity contribution in [3.8, 4) is 0 Å². The second-order valence-electron chi connectivity index (χ2n) is 7.20. The molecule has 7 nitrogen and oxygen atoms in total. The quantitative estimate of drug-likeness (QED) is 0.705. The van der Waals surface area contributed by atoms with E-state index in [2.05, 4.69) is 19.9 Å². The first-order valence-electron chi connectivity index (χ1n) is 9.01. The van der Waals surface area contributed by atoms with E-state index in [4.69, 9.17) is 4.42 Å². The summed E-state index contributed by atoms with van der Waals surface area (Å²) >= 11 is 0. The van der Waals surface area contributed by atoms with Crippen LogP contribution in [0.5, 0.6) is 0 Å². The monoisotopic (exact) mass is 353 g/mol. The SMILES string of the molecule is Cc1cc(C)c2c(n1)oc1c(N3CCN(C(=O)C(C)C)CC3)ncnc12. The third-order valence-electron chi connectivity index (χ3n) is 4.92. The minimum atomic E-state index is 0.0277. The third kappa shape index (κ3) is 2.67. The van der Waals surface area contributed by atoms with E-state index in [-0.39, 0.29) is 11.8 Å². The fraction of sp³-hybridized carbons (Fsp3) is 0.474. The molecule has 0 atom stereocenters. The molecule has 0 spiro atoms. The van der Waals surface area contributed by atoms with Crippen molar-refractivity contribution in [3.05, 3.63) is 23.7 Å². The van der Waals surface area contributed by atoms with Crippen LogP contribution in [0.3, 0.4) is 0 Å². The number of fused-ring (bicyclic) bond motifs is 3. The Bertz CT molecular complexity index is 986. The summed E-state index contributed by atoms with van der Waals surface area (Å²) < 4.78 is 6.05. The molecule has 1 amide bonds. The van der Waals surface area contributed by atoms with E-state index in [0.717, 1.165) is 41.1 Å². The number of amides is 1. The highest BCUT2D eigenvalue weighted by Crippen LogP contribution is 2.33. The molecule has 0 saturated carbocycles. The molecule has 26 heavy (non-hydrogen) atoms. The number of aryl methyl sites for hydroxylation is 2. The minimum absolute atomic E-state index is 0.0277. The van der Waals surface area contributed by atoms with E-state index >= 15 is 0 Å². The molecule has 1 aliphatic rings. The minimum Gasteiger partial charge on any atom is -0.432 e. The van der Waals surface area contributed by atoms with E-state index < -0.39 is 0 Å². The summed E-state index contributed by atoms with van der Waals surface area (Å²) in [5.74, 6) is 1.01.